The van der Waals surface area contributed by atoms with Gasteiger partial charge in [0, 0.05) is 12.3 Å². The number of hydrogen-bond donors (Lipinski definition) is 1. The Hall–Kier alpha value is -1.51. The first-order chi connectivity index (χ1) is 10.5. The number of amides is 1. The van der Waals surface area contributed by atoms with Crippen molar-refractivity contribution in [2.24, 2.45) is 0 Å². The van der Waals surface area contributed by atoms with Gasteiger partial charge in [0.25, 0.3) is 5.91 Å². The molecule has 23 heavy (non-hydrogen) atoms. The number of esters is 1. The minimum Gasteiger partial charge on any atom is -1.00 e. The largest absolute Gasteiger partial charge is 1.00 e. The normalized spacial score (nSPS) is 10.0. The van der Waals surface area contributed by atoms with Crippen molar-refractivity contribution in [3.8, 4) is 0 Å². The van der Waals surface area contributed by atoms with E-state index in [9.17, 15) is 9.59 Å². The molecule has 1 amide bonds. The molecule has 2 aromatic rings. The van der Waals surface area contributed by atoms with Gasteiger partial charge in [0.15, 0.2) is 10.8 Å². The Morgan fingerprint density at radius 3 is 2.70 bits per heavy atom. The summed E-state index contributed by atoms with van der Waals surface area (Å²) in [6.07, 6.45) is 0.123. The van der Waals surface area contributed by atoms with Crippen LogP contribution < -0.4 is 22.3 Å². The van der Waals surface area contributed by atoms with Crippen molar-refractivity contribution in [1.82, 2.24) is 4.98 Å². The molecule has 0 saturated carbocycles. The van der Waals surface area contributed by atoms with Gasteiger partial charge in [-0.1, -0.05) is 11.3 Å². The van der Waals surface area contributed by atoms with Crippen LogP contribution in [0.25, 0.3) is 0 Å². The van der Waals surface area contributed by atoms with E-state index in [0.717, 1.165) is 5.69 Å². The molecule has 0 atom stereocenters. The molecule has 9 heteroatoms. The summed E-state index contributed by atoms with van der Waals surface area (Å²) in [6.45, 7) is 6.37. The molecule has 0 saturated heterocycles. The summed E-state index contributed by atoms with van der Waals surface area (Å²) in [7, 11) is 0. The number of nitrogens with zero attached hydrogens (tertiary/aromatic N) is 2. The number of hydrogen-bond acceptors (Lipinski definition) is 6. The lowest BCUT2D eigenvalue weighted by atomic mass is 10.3. The molecule has 0 fully saturated rings. The average molecular weight is 376 g/mol. The van der Waals surface area contributed by atoms with Crippen molar-refractivity contribution < 1.29 is 31.3 Å². The summed E-state index contributed by atoms with van der Waals surface area (Å²) in [6, 6.07) is 0. The van der Waals surface area contributed by atoms with Gasteiger partial charge in [-0.05, 0) is 13.8 Å². The Labute approximate surface area is 148 Å². The number of ether oxygens (including phenoxy) is 1. The molecule has 0 aliphatic heterocycles. The molecule has 0 radical (unpaired) electrons. The van der Waals surface area contributed by atoms with Crippen LogP contribution in [0.2, 0.25) is 0 Å². The fourth-order valence-corrected chi connectivity index (χ4v) is 3.32. The minimum absolute atomic E-state index is 0. The van der Waals surface area contributed by atoms with Gasteiger partial charge < -0.3 is 17.1 Å². The van der Waals surface area contributed by atoms with Crippen LogP contribution in [-0.4, -0.2) is 23.5 Å². The number of nitrogens with one attached hydrogen (secondary N) is 1. The second-order valence-electron chi connectivity index (χ2n) is 4.67. The second-order valence-corrected chi connectivity index (χ2v) is 6.58. The van der Waals surface area contributed by atoms with Crippen molar-refractivity contribution in [3.63, 3.8) is 0 Å². The van der Waals surface area contributed by atoms with Gasteiger partial charge in [0.2, 0.25) is 12.1 Å². The lowest BCUT2D eigenvalue weighted by Crippen LogP contribution is -3.00. The van der Waals surface area contributed by atoms with Crippen LogP contribution in [-0.2, 0) is 27.3 Å². The molecule has 0 spiro atoms. The van der Waals surface area contributed by atoms with Crippen LogP contribution in [0.5, 0.6) is 0 Å². The van der Waals surface area contributed by atoms with E-state index >= 15 is 0 Å². The van der Waals surface area contributed by atoms with Gasteiger partial charge in [0.1, 0.15) is 0 Å². The second kappa shape index (κ2) is 8.95. The van der Waals surface area contributed by atoms with E-state index in [2.05, 4.69) is 10.3 Å². The Balaban J connectivity index is 0.00000264. The molecule has 2 heterocycles. The number of anilines is 1. The molecule has 0 bridgehead atoms. The highest BCUT2D eigenvalue weighted by Crippen LogP contribution is 2.16. The molecule has 0 unspecified atom stereocenters. The van der Waals surface area contributed by atoms with Crippen LogP contribution in [0.4, 0.5) is 5.13 Å². The first-order valence-electron chi connectivity index (χ1n) is 6.83. The Kier molecular flexibility index (Phi) is 7.60. The Bertz CT molecular complexity index is 685. The number of carbonyl (C=O) groups excluding carboxylic acids is 2. The van der Waals surface area contributed by atoms with Gasteiger partial charge in [-0.15, -0.1) is 11.3 Å². The zero-order chi connectivity index (χ0) is 16.1. The SMILES string of the molecule is CCOC(=O)Cc1csc(NC(=O)C[n+]2csc(C)c2C)n1.[Cl-]. The summed E-state index contributed by atoms with van der Waals surface area (Å²) in [5, 5.41) is 5.00. The molecule has 0 aliphatic carbocycles. The van der Waals surface area contributed by atoms with Gasteiger partial charge in [-0.25, -0.2) is 4.98 Å². The summed E-state index contributed by atoms with van der Waals surface area (Å²) < 4.78 is 6.77. The molecule has 6 nitrogen and oxygen atoms in total. The minimum atomic E-state index is -0.314. The topological polar surface area (TPSA) is 72.2 Å². The van der Waals surface area contributed by atoms with E-state index in [0.29, 0.717) is 17.4 Å². The van der Waals surface area contributed by atoms with E-state index in [-0.39, 0.29) is 37.2 Å². The fraction of sp³-hybridized carbons (Fsp3) is 0.429. The van der Waals surface area contributed by atoms with Crippen LogP contribution in [0.3, 0.4) is 0 Å². The van der Waals surface area contributed by atoms with Crippen molar-refractivity contribution >= 4 is 39.7 Å². The van der Waals surface area contributed by atoms with Crippen LogP contribution in [0.1, 0.15) is 23.2 Å². The van der Waals surface area contributed by atoms with Crippen LogP contribution in [0.15, 0.2) is 10.9 Å². The van der Waals surface area contributed by atoms with Crippen LogP contribution >= 0.6 is 22.7 Å². The first kappa shape index (κ1) is 19.5. The van der Waals surface area contributed by atoms with Crippen molar-refractivity contribution in [2.75, 3.05) is 11.9 Å². The zero-order valence-corrected chi connectivity index (χ0v) is 15.5. The highest BCUT2D eigenvalue weighted by Gasteiger charge is 2.17. The lowest BCUT2D eigenvalue weighted by Gasteiger charge is -1.99. The average Bonchev–Trinajstić information content (AvgIpc) is 3.00. The predicted octanol–water partition coefficient (Wildman–Crippen LogP) is -1.14. The monoisotopic (exact) mass is 375 g/mol. The molecule has 126 valence electrons. The molecular formula is C14H18ClN3O3S2. The van der Waals surface area contributed by atoms with E-state index in [1.807, 2.05) is 23.9 Å². The standard InChI is InChI=1S/C14H17N3O3S2.ClH/c1-4-20-13(19)5-11-7-21-14(15-11)16-12(18)6-17-8-22-10(3)9(17)2;/h7-8H,4-6H2,1-3H3;1H. The summed E-state index contributed by atoms with van der Waals surface area (Å²) in [4.78, 5) is 28.8. The van der Waals surface area contributed by atoms with E-state index in [1.165, 1.54) is 16.2 Å². The maximum atomic E-state index is 12.0. The number of aryl methyl sites for hydroxylation is 1. The van der Waals surface area contributed by atoms with Gasteiger partial charge in [-0.3, -0.25) is 14.9 Å². The first-order valence-corrected chi connectivity index (χ1v) is 8.59. The molecular weight excluding hydrogens is 358 g/mol. The third-order valence-electron chi connectivity index (χ3n) is 3.04. The summed E-state index contributed by atoms with van der Waals surface area (Å²) >= 11 is 2.91. The maximum Gasteiger partial charge on any atom is 0.311 e. The third-order valence-corrected chi connectivity index (χ3v) is 4.86. The predicted molar refractivity (Wildman–Crippen MR) is 85.1 cm³/mol. The Morgan fingerprint density at radius 2 is 2.09 bits per heavy atom. The maximum absolute atomic E-state index is 12.0. The molecule has 2 rings (SSSR count). The van der Waals surface area contributed by atoms with Gasteiger partial charge in [0.05, 0.1) is 23.6 Å². The third kappa shape index (κ3) is 5.56. The molecule has 1 N–H and O–H groups in total. The number of aromatic nitrogens is 2. The van der Waals surface area contributed by atoms with E-state index in [1.54, 1.807) is 23.6 Å². The fourth-order valence-electron chi connectivity index (χ4n) is 1.78. The highest BCUT2D eigenvalue weighted by molar-refractivity contribution is 7.14. The summed E-state index contributed by atoms with van der Waals surface area (Å²) in [5.41, 5.74) is 3.62. The van der Waals surface area contributed by atoms with Gasteiger partial charge >= 0.3 is 5.97 Å². The smallest absolute Gasteiger partial charge is 0.311 e. The molecule has 0 aromatic carbocycles. The quantitative estimate of drug-likeness (QED) is 0.511. The zero-order valence-electron chi connectivity index (χ0n) is 13.1. The number of carbonyl (C=O) groups is 2. The van der Waals surface area contributed by atoms with E-state index < -0.39 is 0 Å². The number of rotatable bonds is 6. The Morgan fingerprint density at radius 1 is 1.35 bits per heavy atom. The van der Waals surface area contributed by atoms with E-state index in [4.69, 9.17) is 4.74 Å². The highest BCUT2D eigenvalue weighted by atomic mass is 35.5. The lowest BCUT2D eigenvalue weighted by molar-refractivity contribution is -0.685. The van der Waals surface area contributed by atoms with Crippen molar-refractivity contribution in [1.29, 1.82) is 0 Å². The number of thiazole rings is 2. The van der Waals surface area contributed by atoms with Crippen molar-refractivity contribution in [3.05, 3.63) is 27.2 Å². The molecule has 0 aliphatic rings. The van der Waals surface area contributed by atoms with Crippen LogP contribution in [0, 0.1) is 13.8 Å². The number of halogens is 1. The van der Waals surface area contributed by atoms with Crippen molar-refractivity contribution in [2.45, 2.75) is 33.7 Å². The summed E-state index contributed by atoms with van der Waals surface area (Å²) in [5.74, 6) is -0.450. The van der Waals surface area contributed by atoms with Gasteiger partial charge in [-0.2, -0.15) is 4.57 Å². The molecule has 2 aromatic heterocycles.